The van der Waals surface area contributed by atoms with Crippen molar-refractivity contribution < 1.29 is 68.9 Å². The summed E-state index contributed by atoms with van der Waals surface area (Å²) in [5, 5.41) is 3.88. The van der Waals surface area contributed by atoms with Crippen LogP contribution in [0.5, 0.6) is 0 Å². The fourth-order valence-corrected chi connectivity index (χ4v) is 1.09. The summed E-state index contributed by atoms with van der Waals surface area (Å²) in [6.45, 7) is -4.93. The summed E-state index contributed by atoms with van der Waals surface area (Å²) >= 11 is 0. The van der Waals surface area contributed by atoms with Crippen LogP contribution in [0.15, 0.2) is 29.0 Å². The molecule has 2 rings (SSSR count). The maximum atomic E-state index is 12.2. The Bertz CT molecular complexity index is 442. The van der Waals surface area contributed by atoms with Gasteiger partial charge in [-0.25, -0.2) is 0 Å². The second-order valence-corrected chi connectivity index (χ2v) is 2.71. The van der Waals surface area contributed by atoms with E-state index in [2.05, 4.69) is 9.68 Å². The Morgan fingerprint density at radius 1 is 1.21 bits per heavy atom. The molecule has 0 aliphatic carbocycles. The summed E-state index contributed by atoms with van der Waals surface area (Å²) in [7, 11) is 0. The van der Waals surface area contributed by atoms with Gasteiger partial charge >= 0.3 is 58.4 Å². The van der Waals surface area contributed by atoms with E-state index < -0.39 is 12.4 Å². The zero-order valence-electron chi connectivity index (χ0n) is 7.38. The predicted molar refractivity (Wildman–Crippen MR) is 42.7 cm³/mol. The molecule has 1 heterocycles. The quantitative estimate of drug-likeness (QED) is 0.575. The first-order valence-corrected chi connectivity index (χ1v) is 3.61. The fraction of sp³-hybridized carbons (Fsp3) is 0. The van der Waals surface area contributed by atoms with Crippen LogP contribution in [0.25, 0.3) is 10.9 Å². The summed E-state index contributed by atoms with van der Waals surface area (Å²) in [6, 6.07) is 3.33. The molecule has 68 valence electrons. The Balaban J connectivity index is 0.000000980. The molecule has 0 unspecified atom stereocenters. The van der Waals surface area contributed by atoms with Gasteiger partial charge in [0.15, 0.2) is 0 Å². The van der Waals surface area contributed by atoms with Crippen molar-refractivity contribution in [2.75, 3.05) is 0 Å². The van der Waals surface area contributed by atoms with Crippen LogP contribution < -0.4 is 56.8 Å². The second kappa shape index (κ2) is 4.36. The molecule has 0 atom stereocenters. The van der Waals surface area contributed by atoms with Gasteiger partial charge in [-0.3, -0.25) is 0 Å². The number of fused-ring (bicyclic) bond motifs is 1. The molecule has 1 aromatic carbocycles. The summed E-state index contributed by atoms with van der Waals surface area (Å²) in [6.07, 6.45) is 1.20. The van der Waals surface area contributed by atoms with Gasteiger partial charge in [0.2, 0.25) is 0 Å². The Morgan fingerprint density at radius 3 is 2.57 bits per heavy atom. The molecule has 0 spiro atoms. The van der Waals surface area contributed by atoms with Crippen LogP contribution >= 0.6 is 0 Å². The van der Waals surface area contributed by atoms with Crippen LogP contribution in [0, 0.1) is 0 Å². The number of benzene rings is 1. The molecule has 0 aliphatic heterocycles. The van der Waals surface area contributed by atoms with Crippen molar-refractivity contribution in [3.63, 3.8) is 0 Å². The normalized spacial score (nSPS) is 11.4. The third kappa shape index (κ3) is 2.40. The van der Waals surface area contributed by atoms with Crippen LogP contribution in [-0.2, 0) is 0 Å². The Labute approximate surface area is 120 Å². The standard InChI is InChI=1S/C7H4BF3NO.K/c9-8(10,11)6-1-2-7-5(3-6)4-13-12-7;/h1-4H;/q-1;+1. The van der Waals surface area contributed by atoms with Crippen molar-refractivity contribution in [3.05, 3.63) is 24.5 Å². The number of halogens is 3. The minimum absolute atomic E-state index is 0. The molecule has 0 bridgehead atoms. The zero-order valence-corrected chi connectivity index (χ0v) is 10.5. The monoisotopic (exact) mass is 225 g/mol. The van der Waals surface area contributed by atoms with E-state index in [0.717, 1.165) is 12.1 Å². The van der Waals surface area contributed by atoms with E-state index in [1.54, 1.807) is 0 Å². The first-order chi connectivity index (χ1) is 6.07. The largest absolute Gasteiger partial charge is 1.00 e. The van der Waals surface area contributed by atoms with E-state index in [1.165, 1.54) is 12.3 Å². The van der Waals surface area contributed by atoms with Crippen LogP contribution in [0.4, 0.5) is 12.9 Å². The van der Waals surface area contributed by atoms with E-state index in [9.17, 15) is 12.9 Å². The first kappa shape index (κ1) is 12.3. The molecule has 0 saturated heterocycles. The fourth-order valence-electron chi connectivity index (χ4n) is 1.09. The van der Waals surface area contributed by atoms with Gasteiger partial charge in [0.1, 0.15) is 11.8 Å². The van der Waals surface area contributed by atoms with E-state index >= 15 is 0 Å². The predicted octanol–water partition coefficient (Wildman–Crippen LogP) is -1.11. The molecule has 0 fully saturated rings. The molecule has 14 heavy (non-hydrogen) atoms. The van der Waals surface area contributed by atoms with Crippen molar-refractivity contribution in [3.8, 4) is 0 Å². The van der Waals surface area contributed by atoms with Crippen LogP contribution in [0.3, 0.4) is 0 Å². The van der Waals surface area contributed by atoms with Gasteiger partial charge in [-0.15, -0.1) is 5.46 Å². The van der Waals surface area contributed by atoms with Crippen LogP contribution in [-0.4, -0.2) is 12.1 Å². The summed E-state index contributed by atoms with van der Waals surface area (Å²) in [4.78, 5) is 0. The molecule has 2 nitrogen and oxygen atoms in total. The second-order valence-electron chi connectivity index (χ2n) is 2.71. The first-order valence-electron chi connectivity index (χ1n) is 3.61. The maximum Gasteiger partial charge on any atom is 1.00 e. The van der Waals surface area contributed by atoms with Gasteiger partial charge < -0.3 is 17.5 Å². The average molecular weight is 225 g/mol. The SMILES string of the molecule is F[B-](F)(F)c1ccc2nocc2c1.[K+]. The van der Waals surface area contributed by atoms with Gasteiger partial charge in [0.05, 0.1) is 0 Å². The minimum atomic E-state index is -4.93. The molecule has 2 aromatic rings. The third-order valence-corrected chi connectivity index (χ3v) is 1.76. The van der Waals surface area contributed by atoms with E-state index in [-0.39, 0.29) is 51.4 Å². The molecule has 0 amide bonds. The Kier molecular flexibility index (Phi) is 3.82. The van der Waals surface area contributed by atoms with Crippen molar-refractivity contribution in [2.45, 2.75) is 0 Å². The van der Waals surface area contributed by atoms with Crippen LogP contribution in [0.2, 0.25) is 0 Å². The molecule has 0 saturated carbocycles. The zero-order chi connectivity index (χ0) is 9.47. The molecule has 1 aromatic heterocycles. The molecule has 7 heteroatoms. The van der Waals surface area contributed by atoms with Gasteiger partial charge in [-0.1, -0.05) is 17.3 Å². The number of hydrogen-bond acceptors (Lipinski definition) is 2. The maximum absolute atomic E-state index is 12.2. The van der Waals surface area contributed by atoms with E-state index in [1.807, 2.05) is 0 Å². The Morgan fingerprint density at radius 2 is 1.93 bits per heavy atom. The number of aromatic nitrogens is 1. The molecular weight excluding hydrogens is 221 g/mol. The molecular formula is C7H4BF3KNO. The molecule has 0 radical (unpaired) electrons. The van der Waals surface area contributed by atoms with Gasteiger partial charge in [-0.2, -0.15) is 0 Å². The van der Waals surface area contributed by atoms with Gasteiger partial charge in [0.25, 0.3) is 0 Å². The van der Waals surface area contributed by atoms with Crippen molar-refractivity contribution in [2.24, 2.45) is 0 Å². The summed E-state index contributed by atoms with van der Waals surface area (Å²) in [5.74, 6) is 0. The van der Waals surface area contributed by atoms with Crippen LogP contribution in [0.1, 0.15) is 0 Å². The van der Waals surface area contributed by atoms with E-state index in [0.29, 0.717) is 10.9 Å². The summed E-state index contributed by atoms with van der Waals surface area (Å²) < 4.78 is 41.2. The topological polar surface area (TPSA) is 26.0 Å². The minimum Gasteiger partial charge on any atom is -0.445 e. The van der Waals surface area contributed by atoms with Crippen molar-refractivity contribution >= 4 is 23.3 Å². The van der Waals surface area contributed by atoms with Gasteiger partial charge in [-0.05, 0) is 6.07 Å². The number of rotatable bonds is 1. The third-order valence-electron chi connectivity index (χ3n) is 1.76. The Hall–Kier alpha value is 0.181. The summed E-state index contributed by atoms with van der Waals surface area (Å²) in [5.41, 5.74) is -0.195. The van der Waals surface area contributed by atoms with E-state index in [4.69, 9.17) is 0 Å². The average Bonchev–Trinajstić information content (AvgIpc) is 2.47. The molecule has 0 aliphatic rings. The van der Waals surface area contributed by atoms with Gasteiger partial charge in [0, 0.05) is 5.39 Å². The number of hydrogen-bond donors (Lipinski definition) is 0. The number of nitrogens with zero attached hydrogens (tertiary/aromatic N) is 1. The molecule has 0 N–H and O–H groups in total. The smallest absolute Gasteiger partial charge is 0.445 e. The van der Waals surface area contributed by atoms with Crippen molar-refractivity contribution in [1.29, 1.82) is 0 Å². The van der Waals surface area contributed by atoms with Crippen molar-refractivity contribution in [1.82, 2.24) is 5.16 Å².